The third-order valence-electron chi connectivity index (χ3n) is 2.82. The van der Waals surface area contributed by atoms with Gasteiger partial charge in [0.15, 0.2) is 0 Å². The molecule has 1 aromatic rings. The molecule has 3 heteroatoms. The zero-order valence-corrected chi connectivity index (χ0v) is 9.26. The zero-order valence-electron chi connectivity index (χ0n) is 8.50. The van der Waals surface area contributed by atoms with Crippen molar-refractivity contribution in [2.75, 3.05) is 6.54 Å². The maximum atomic E-state index is 11.6. The lowest BCUT2D eigenvalue weighted by Gasteiger charge is -2.22. The SMILES string of the molecule is O=C1NCCC[C@@H]1Cc1ccccc1Cl. The summed E-state index contributed by atoms with van der Waals surface area (Å²) >= 11 is 6.06. The summed E-state index contributed by atoms with van der Waals surface area (Å²) in [6, 6.07) is 7.73. The first kappa shape index (κ1) is 10.5. The summed E-state index contributed by atoms with van der Waals surface area (Å²) in [6.45, 7) is 0.817. The summed E-state index contributed by atoms with van der Waals surface area (Å²) in [6.07, 6.45) is 2.80. The van der Waals surface area contributed by atoms with Crippen molar-refractivity contribution < 1.29 is 4.79 Å². The Morgan fingerprint density at radius 3 is 2.93 bits per heavy atom. The second kappa shape index (κ2) is 4.67. The Bertz CT molecular complexity index is 364. The van der Waals surface area contributed by atoms with Gasteiger partial charge in [0.1, 0.15) is 0 Å². The molecule has 1 aliphatic heterocycles. The molecule has 0 unspecified atom stereocenters. The molecule has 0 bridgehead atoms. The van der Waals surface area contributed by atoms with Crippen molar-refractivity contribution in [2.45, 2.75) is 19.3 Å². The highest BCUT2D eigenvalue weighted by Crippen LogP contribution is 2.22. The van der Waals surface area contributed by atoms with Crippen LogP contribution >= 0.6 is 11.6 Å². The fraction of sp³-hybridized carbons (Fsp3) is 0.417. The van der Waals surface area contributed by atoms with E-state index in [0.29, 0.717) is 0 Å². The number of rotatable bonds is 2. The van der Waals surface area contributed by atoms with Crippen LogP contribution in [0.5, 0.6) is 0 Å². The monoisotopic (exact) mass is 223 g/mol. The highest BCUT2D eigenvalue weighted by molar-refractivity contribution is 6.31. The minimum atomic E-state index is 0.0960. The molecule has 1 aliphatic rings. The van der Waals surface area contributed by atoms with Crippen LogP contribution in [-0.2, 0) is 11.2 Å². The van der Waals surface area contributed by atoms with Crippen LogP contribution in [0.1, 0.15) is 18.4 Å². The molecule has 1 aromatic carbocycles. The molecule has 1 heterocycles. The number of hydrogen-bond donors (Lipinski definition) is 1. The van der Waals surface area contributed by atoms with Crippen molar-refractivity contribution in [1.29, 1.82) is 0 Å². The number of carbonyl (C=O) groups excluding carboxylic acids is 1. The number of benzene rings is 1. The van der Waals surface area contributed by atoms with E-state index in [1.165, 1.54) is 0 Å². The molecule has 0 spiro atoms. The van der Waals surface area contributed by atoms with E-state index < -0.39 is 0 Å². The molecule has 1 atom stereocenters. The van der Waals surface area contributed by atoms with Crippen LogP contribution in [0, 0.1) is 5.92 Å². The van der Waals surface area contributed by atoms with Crippen molar-refractivity contribution in [3.63, 3.8) is 0 Å². The quantitative estimate of drug-likeness (QED) is 0.820. The lowest BCUT2D eigenvalue weighted by Crippen LogP contribution is -2.37. The van der Waals surface area contributed by atoms with E-state index in [1.807, 2.05) is 24.3 Å². The van der Waals surface area contributed by atoms with Gasteiger partial charge in [-0.1, -0.05) is 29.8 Å². The van der Waals surface area contributed by atoms with Crippen LogP contribution < -0.4 is 5.32 Å². The Balaban J connectivity index is 2.08. The number of amides is 1. The maximum Gasteiger partial charge on any atom is 0.223 e. The summed E-state index contributed by atoms with van der Waals surface area (Å²) in [5.74, 6) is 0.264. The second-order valence-corrected chi connectivity index (χ2v) is 4.33. The average molecular weight is 224 g/mol. The van der Waals surface area contributed by atoms with Gasteiger partial charge in [0, 0.05) is 17.5 Å². The van der Waals surface area contributed by atoms with Crippen LogP contribution in [0.2, 0.25) is 5.02 Å². The van der Waals surface area contributed by atoms with Gasteiger partial charge >= 0.3 is 0 Å². The van der Waals surface area contributed by atoms with Gasteiger partial charge in [-0.25, -0.2) is 0 Å². The molecule has 0 radical (unpaired) electrons. The van der Waals surface area contributed by atoms with Gasteiger partial charge in [-0.05, 0) is 30.9 Å². The minimum absolute atomic E-state index is 0.0960. The summed E-state index contributed by atoms with van der Waals surface area (Å²) in [5.41, 5.74) is 1.07. The van der Waals surface area contributed by atoms with Gasteiger partial charge in [-0.3, -0.25) is 4.79 Å². The van der Waals surface area contributed by atoms with Crippen molar-refractivity contribution in [3.05, 3.63) is 34.9 Å². The Hall–Kier alpha value is -1.02. The molecule has 15 heavy (non-hydrogen) atoms. The van der Waals surface area contributed by atoms with Crippen LogP contribution in [0.4, 0.5) is 0 Å². The summed E-state index contributed by atoms with van der Waals surface area (Å²) in [5, 5.41) is 3.65. The molecule has 1 amide bonds. The lowest BCUT2D eigenvalue weighted by molar-refractivity contribution is -0.126. The number of piperidine rings is 1. The smallest absolute Gasteiger partial charge is 0.223 e. The number of carbonyl (C=O) groups is 1. The topological polar surface area (TPSA) is 29.1 Å². The van der Waals surface area contributed by atoms with E-state index >= 15 is 0 Å². The fourth-order valence-corrected chi connectivity index (χ4v) is 2.17. The largest absolute Gasteiger partial charge is 0.356 e. The van der Waals surface area contributed by atoms with Crippen molar-refractivity contribution >= 4 is 17.5 Å². The molecule has 1 N–H and O–H groups in total. The molecule has 1 saturated heterocycles. The van der Waals surface area contributed by atoms with Crippen LogP contribution in [0.3, 0.4) is 0 Å². The summed E-state index contributed by atoms with van der Waals surface area (Å²) < 4.78 is 0. The zero-order chi connectivity index (χ0) is 10.7. The van der Waals surface area contributed by atoms with E-state index in [1.54, 1.807) is 0 Å². The molecule has 0 aliphatic carbocycles. The molecule has 0 saturated carbocycles. The third-order valence-corrected chi connectivity index (χ3v) is 3.19. The summed E-state index contributed by atoms with van der Waals surface area (Å²) in [4.78, 5) is 11.6. The van der Waals surface area contributed by atoms with E-state index in [-0.39, 0.29) is 11.8 Å². The maximum absolute atomic E-state index is 11.6. The van der Waals surface area contributed by atoms with E-state index in [4.69, 9.17) is 11.6 Å². The summed E-state index contributed by atoms with van der Waals surface area (Å²) in [7, 11) is 0. The van der Waals surface area contributed by atoms with Crippen molar-refractivity contribution in [3.8, 4) is 0 Å². The second-order valence-electron chi connectivity index (χ2n) is 3.93. The van der Waals surface area contributed by atoms with E-state index in [2.05, 4.69) is 5.32 Å². The molecular weight excluding hydrogens is 210 g/mol. The van der Waals surface area contributed by atoms with Crippen molar-refractivity contribution in [1.82, 2.24) is 5.32 Å². The van der Waals surface area contributed by atoms with Gasteiger partial charge < -0.3 is 5.32 Å². The Kier molecular flexibility index (Phi) is 3.27. The highest BCUT2D eigenvalue weighted by atomic mass is 35.5. The number of hydrogen-bond acceptors (Lipinski definition) is 1. The van der Waals surface area contributed by atoms with E-state index in [9.17, 15) is 4.79 Å². The normalized spacial score (nSPS) is 21.1. The Morgan fingerprint density at radius 2 is 2.20 bits per heavy atom. The molecule has 1 fully saturated rings. The van der Waals surface area contributed by atoms with Crippen LogP contribution in [-0.4, -0.2) is 12.5 Å². The predicted octanol–water partition coefficient (Wildman–Crippen LogP) is 2.41. The Labute approximate surface area is 94.6 Å². The van der Waals surface area contributed by atoms with Crippen molar-refractivity contribution in [2.24, 2.45) is 5.92 Å². The standard InChI is InChI=1S/C12H14ClNO/c13-11-6-2-1-4-9(11)8-10-5-3-7-14-12(10)15/h1-2,4,6,10H,3,5,7-8H2,(H,14,15)/t10-/m1/s1. The van der Waals surface area contributed by atoms with Gasteiger partial charge in [-0.15, -0.1) is 0 Å². The fourth-order valence-electron chi connectivity index (χ4n) is 1.96. The van der Waals surface area contributed by atoms with Gasteiger partial charge in [-0.2, -0.15) is 0 Å². The first-order chi connectivity index (χ1) is 7.27. The first-order valence-electron chi connectivity index (χ1n) is 5.28. The van der Waals surface area contributed by atoms with Gasteiger partial charge in [0.05, 0.1) is 0 Å². The Morgan fingerprint density at radius 1 is 1.40 bits per heavy atom. The first-order valence-corrected chi connectivity index (χ1v) is 5.66. The third kappa shape index (κ3) is 2.51. The molecule has 0 aromatic heterocycles. The highest BCUT2D eigenvalue weighted by Gasteiger charge is 2.22. The van der Waals surface area contributed by atoms with E-state index in [0.717, 1.165) is 36.4 Å². The van der Waals surface area contributed by atoms with Crippen LogP contribution in [0.25, 0.3) is 0 Å². The van der Waals surface area contributed by atoms with Crippen LogP contribution in [0.15, 0.2) is 24.3 Å². The number of halogens is 1. The lowest BCUT2D eigenvalue weighted by atomic mass is 9.91. The minimum Gasteiger partial charge on any atom is -0.356 e. The molecule has 2 rings (SSSR count). The van der Waals surface area contributed by atoms with Gasteiger partial charge in [0.2, 0.25) is 5.91 Å². The molecule has 80 valence electrons. The molecular formula is C12H14ClNO. The van der Waals surface area contributed by atoms with Gasteiger partial charge in [0.25, 0.3) is 0 Å². The molecule has 2 nitrogen and oxygen atoms in total. The predicted molar refractivity (Wildman–Crippen MR) is 60.9 cm³/mol. The number of nitrogens with one attached hydrogen (secondary N) is 1. The average Bonchev–Trinajstić information content (AvgIpc) is 2.24.